The van der Waals surface area contributed by atoms with Crippen LogP contribution in [0.25, 0.3) is 18.2 Å². The molecular formula is C39H47N4S2+. The van der Waals surface area contributed by atoms with E-state index in [2.05, 4.69) is 142 Å². The van der Waals surface area contributed by atoms with Crippen molar-refractivity contribution in [3.05, 3.63) is 120 Å². The maximum absolute atomic E-state index is 2.52. The summed E-state index contributed by atoms with van der Waals surface area (Å²) >= 11 is 0. The fraction of sp³-hybridized carbons (Fsp3) is 0.359. The molecule has 2 saturated heterocycles. The number of pyridine rings is 1. The zero-order valence-corrected chi connectivity index (χ0v) is 28.3. The Morgan fingerprint density at radius 3 is 1.96 bits per heavy atom. The van der Waals surface area contributed by atoms with E-state index in [0.717, 1.165) is 24.6 Å². The van der Waals surface area contributed by atoms with Gasteiger partial charge in [0.05, 0.1) is 5.75 Å². The summed E-state index contributed by atoms with van der Waals surface area (Å²) in [6.07, 6.45) is 23.2. The molecule has 6 heteroatoms. The van der Waals surface area contributed by atoms with E-state index in [-0.39, 0.29) is 0 Å². The lowest BCUT2D eigenvalue weighted by molar-refractivity contribution is -0.694. The second-order valence-corrected chi connectivity index (χ2v) is 14.8. The number of allylic oxidation sites excluding steroid dienone is 3. The Morgan fingerprint density at radius 1 is 0.711 bits per heavy atom. The van der Waals surface area contributed by atoms with Gasteiger partial charge in [-0.2, -0.15) is 4.57 Å². The summed E-state index contributed by atoms with van der Waals surface area (Å²) in [5.74, 6) is 2.17. The molecule has 4 nitrogen and oxygen atoms in total. The zero-order chi connectivity index (χ0) is 30.7. The predicted octanol–water partition coefficient (Wildman–Crippen LogP) is 8.58. The molecule has 2 aromatic carbocycles. The lowest BCUT2D eigenvalue weighted by atomic mass is 10.1. The fourth-order valence-electron chi connectivity index (χ4n) is 6.37. The third kappa shape index (κ3) is 8.89. The smallest absolute Gasteiger partial charge is 0.205 e. The summed E-state index contributed by atoms with van der Waals surface area (Å²) in [6, 6.07) is 24.9. The van der Waals surface area contributed by atoms with Gasteiger partial charge in [-0.1, -0.05) is 64.1 Å². The van der Waals surface area contributed by atoms with Crippen LogP contribution in [0.5, 0.6) is 0 Å². The van der Waals surface area contributed by atoms with Crippen LogP contribution >= 0.6 is 21.6 Å². The number of hydrogen-bond donors (Lipinski definition) is 0. The van der Waals surface area contributed by atoms with Gasteiger partial charge in [-0.15, -0.1) is 0 Å². The summed E-state index contributed by atoms with van der Waals surface area (Å²) in [5, 5.41) is 0. The number of aryl methyl sites for hydroxylation is 1. The van der Waals surface area contributed by atoms with Crippen LogP contribution in [0, 0.1) is 0 Å². The van der Waals surface area contributed by atoms with Crippen LogP contribution in [-0.4, -0.2) is 55.2 Å². The number of rotatable bonds is 13. The number of anilines is 2. The lowest BCUT2D eigenvalue weighted by Gasteiger charge is -2.32. The zero-order valence-electron chi connectivity index (χ0n) is 26.6. The van der Waals surface area contributed by atoms with Gasteiger partial charge in [0, 0.05) is 79.8 Å². The molecule has 3 aromatic rings. The van der Waals surface area contributed by atoms with Crippen molar-refractivity contribution in [1.29, 1.82) is 0 Å². The first-order valence-corrected chi connectivity index (χ1v) is 19.2. The highest BCUT2D eigenvalue weighted by Gasteiger charge is 2.16. The highest BCUT2D eigenvalue weighted by Crippen LogP contribution is 2.26. The van der Waals surface area contributed by atoms with Gasteiger partial charge in [-0.05, 0) is 92.3 Å². The minimum absolute atomic E-state index is 0.406. The van der Waals surface area contributed by atoms with Crippen LogP contribution in [0.2, 0.25) is 0 Å². The summed E-state index contributed by atoms with van der Waals surface area (Å²) < 4.78 is 2.36. The van der Waals surface area contributed by atoms with E-state index in [0.29, 0.717) is 6.04 Å². The van der Waals surface area contributed by atoms with Crippen molar-refractivity contribution in [3.8, 4) is 0 Å². The van der Waals surface area contributed by atoms with Crippen LogP contribution in [-0.2, 0) is 6.54 Å². The minimum atomic E-state index is 0.406. The van der Waals surface area contributed by atoms with Crippen LogP contribution in [0.4, 0.5) is 11.4 Å². The van der Waals surface area contributed by atoms with Gasteiger partial charge in [0.25, 0.3) is 0 Å². The van der Waals surface area contributed by atoms with Crippen molar-refractivity contribution in [2.45, 2.75) is 45.2 Å². The molecule has 4 heterocycles. The van der Waals surface area contributed by atoms with E-state index in [1.54, 1.807) is 0 Å². The SMILES string of the molecule is CC1C=CC=C(/C=C/c2ccc(N3CCCC3)cc2)N1CCSSCC[n+]1ccccc1/C=C/c1ccc(N2CCCC2)cc1. The predicted molar refractivity (Wildman–Crippen MR) is 199 cm³/mol. The molecular weight excluding hydrogens is 589 g/mol. The molecule has 0 amide bonds. The Labute approximate surface area is 278 Å². The Morgan fingerprint density at radius 2 is 1.31 bits per heavy atom. The molecule has 0 spiro atoms. The molecule has 6 rings (SSSR count). The second kappa shape index (κ2) is 16.3. The molecule has 1 atom stereocenters. The first kappa shape index (κ1) is 31.6. The van der Waals surface area contributed by atoms with E-state index >= 15 is 0 Å². The minimum Gasteiger partial charge on any atom is -0.372 e. The van der Waals surface area contributed by atoms with E-state index < -0.39 is 0 Å². The number of nitrogens with zero attached hydrogens (tertiary/aromatic N) is 4. The molecule has 3 aliphatic heterocycles. The van der Waals surface area contributed by atoms with Gasteiger partial charge in [0.1, 0.15) is 0 Å². The summed E-state index contributed by atoms with van der Waals surface area (Å²) in [4.78, 5) is 7.50. The summed E-state index contributed by atoms with van der Waals surface area (Å²) in [6.45, 7) is 9.09. The van der Waals surface area contributed by atoms with Gasteiger partial charge in [-0.25, -0.2) is 0 Å². The largest absolute Gasteiger partial charge is 0.372 e. The molecule has 234 valence electrons. The van der Waals surface area contributed by atoms with Gasteiger partial charge < -0.3 is 14.7 Å². The lowest BCUT2D eigenvalue weighted by Crippen LogP contribution is -2.37. The standard InChI is InChI=1S/C39H47N4S2/c1-33-9-8-11-39(23-17-35-15-21-38(22-16-35)41-27-6-7-28-41)43(33)30-32-45-44-31-29-42-24-3-2-10-36(42)18-12-34-13-19-37(20-14-34)40-25-4-5-26-40/h2-3,8-24,33H,4-7,25-32H2,1H3/q+1/b23-17+. The van der Waals surface area contributed by atoms with Crippen molar-refractivity contribution in [3.63, 3.8) is 0 Å². The third-order valence-corrected chi connectivity index (χ3v) is 11.4. The number of hydrogen-bond acceptors (Lipinski definition) is 5. The van der Waals surface area contributed by atoms with Crippen LogP contribution in [0.1, 0.15) is 49.4 Å². The average molecular weight is 636 g/mol. The highest BCUT2D eigenvalue weighted by atomic mass is 33.1. The van der Waals surface area contributed by atoms with Gasteiger partial charge in [0.15, 0.2) is 12.7 Å². The van der Waals surface area contributed by atoms with Crippen molar-refractivity contribution in [2.75, 3.05) is 54.0 Å². The van der Waals surface area contributed by atoms with Crippen molar-refractivity contribution >= 4 is 51.2 Å². The molecule has 45 heavy (non-hydrogen) atoms. The average Bonchev–Trinajstić information content (AvgIpc) is 3.82. The van der Waals surface area contributed by atoms with Crippen molar-refractivity contribution < 1.29 is 4.57 Å². The van der Waals surface area contributed by atoms with Gasteiger partial charge in [0.2, 0.25) is 5.69 Å². The molecule has 0 radical (unpaired) electrons. The van der Waals surface area contributed by atoms with E-state index in [9.17, 15) is 0 Å². The van der Waals surface area contributed by atoms with E-state index in [4.69, 9.17) is 0 Å². The Balaban J connectivity index is 0.948. The normalized spacial score (nSPS) is 18.6. The van der Waals surface area contributed by atoms with E-state index in [1.165, 1.54) is 85.8 Å². The monoisotopic (exact) mass is 635 g/mol. The molecule has 1 aromatic heterocycles. The topological polar surface area (TPSA) is 13.6 Å². The van der Waals surface area contributed by atoms with Crippen molar-refractivity contribution in [1.82, 2.24) is 4.90 Å². The summed E-state index contributed by atoms with van der Waals surface area (Å²) in [7, 11) is 3.96. The first-order chi connectivity index (χ1) is 22.2. The quantitative estimate of drug-likeness (QED) is 0.106. The Hall–Kier alpha value is -3.35. The van der Waals surface area contributed by atoms with E-state index in [1.807, 2.05) is 21.6 Å². The fourth-order valence-corrected chi connectivity index (χ4v) is 8.31. The molecule has 0 saturated carbocycles. The molecule has 0 bridgehead atoms. The Kier molecular flexibility index (Phi) is 11.4. The van der Waals surface area contributed by atoms with Crippen LogP contribution in [0.3, 0.4) is 0 Å². The summed E-state index contributed by atoms with van der Waals surface area (Å²) in [5.41, 5.74) is 7.75. The Bertz CT molecular complexity index is 1480. The highest BCUT2D eigenvalue weighted by molar-refractivity contribution is 8.76. The molecule has 0 aliphatic carbocycles. The van der Waals surface area contributed by atoms with Crippen molar-refractivity contribution in [2.24, 2.45) is 0 Å². The number of aromatic nitrogens is 1. The first-order valence-electron chi connectivity index (χ1n) is 16.7. The maximum atomic E-state index is 2.52. The van der Waals surface area contributed by atoms with Gasteiger partial charge >= 0.3 is 0 Å². The molecule has 1 unspecified atom stereocenters. The van der Waals surface area contributed by atoms with Crippen LogP contribution in [0.15, 0.2) is 103 Å². The maximum Gasteiger partial charge on any atom is 0.205 e. The van der Waals surface area contributed by atoms with Gasteiger partial charge in [-0.3, -0.25) is 0 Å². The third-order valence-electron chi connectivity index (χ3n) is 8.99. The molecule has 2 fully saturated rings. The molecule has 0 N–H and O–H groups in total. The van der Waals surface area contributed by atoms with Crippen LogP contribution < -0.4 is 14.4 Å². The second-order valence-electron chi connectivity index (χ2n) is 12.1. The number of benzene rings is 2. The molecule has 3 aliphatic rings.